The Morgan fingerprint density at radius 3 is 2.67 bits per heavy atom. The standard InChI is InChI=1S/C9H22N2O/c1-4-10-7-9(2)8-11(3)5-6-12/h9-10,12H,4-8H2,1-3H3. The molecule has 0 heterocycles. The van der Waals surface area contributed by atoms with Crippen molar-refractivity contribution < 1.29 is 5.11 Å². The maximum absolute atomic E-state index is 8.67. The molecule has 0 aliphatic rings. The van der Waals surface area contributed by atoms with E-state index in [0.717, 1.165) is 26.2 Å². The molecule has 0 bridgehead atoms. The quantitative estimate of drug-likeness (QED) is 0.577. The van der Waals surface area contributed by atoms with Gasteiger partial charge >= 0.3 is 0 Å². The molecule has 0 saturated heterocycles. The van der Waals surface area contributed by atoms with E-state index >= 15 is 0 Å². The average molecular weight is 174 g/mol. The molecule has 0 rings (SSSR count). The summed E-state index contributed by atoms with van der Waals surface area (Å²) in [6.45, 7) is 8.51. The van der Waals surface area contributed by atoms with Gasteiger partial charge in [-0.25, -0.2) is 0 Å². The molecular formula is C9H22N2O. The Morgan fingerprint density at radius 2 is 2.17 bits per heavy atom. The second-order valence-electron chi connectivity index (χ2n) is 3.40. The molecule has 1 atom stereocenters. The van der Waals surface area contributed by atoms with E-state index in [1.54, 1.807) is 0 Å². The van der Waals surface area contributed by atoms with Gasteiger partial charge in [0.2, 0.25) is 0 Å². The molecule has 3 heteroatoms. The van der Waals surface area contributed by atoms with Crippen LogP contribution in [0.3, 0.4) is 0 Å². The molecule has 0 aliphatic heterocycles. The number of aliphatic hydroxyl groups is 1. The van der Waals surface area contributed by atoms with E-state index in [2.05, 4.69) is 24.1 Å². The molecule has 0 aromatic heterocycles. The summed E-state index contributed by atoms with van der Waals surface area (Å²) in [5, 5.41) is 12.0. The highest BCUT2D eigenvalue weighted by atomic mass is 16.3. The second-order valence-corrected chi connectivity index (χ2v) is 3.40. The zero-order valence-electron chi connectivity index (χ0n) is 8.51. The fraction of sp³-hybridized carbons (Fsp3) is 1.00. The molecule has 0 aromatic carbocycles. The van der Waals surface area contributed by atoms with E-state index < -0.39 is 0 Å². The molecular weight excluding hydrogens is 152 g/mol. The summed E-state index contributed by atoms with van der Waals surface area (Å²) in [4.78, 5) is 2.15. The lowest BCUT2D eigenvalue weighted by atomic mass is 10.1. The topological polar surface area (TPSA) is 35.5 Å². The van der Waals surface area contributed by atoms with Gasteiger partial charge in [-0.15, -0.1) is 0 Å². The van der Waals surface area contributed by atoms with Crippen molar-refractivity contribution in [1.29, 1.82) is 0 Å². The van der Waals surface area contributed by atoms with Crippen LogP contribution in [0.2, 0.25) is 0 Å². The minimum absolute atomic E-state index is 0.254. The van der Waals surface area contributed by atoms with E-state index in [4.69, 9.17) is 5.11 Å². The maximum atomic E-state index is 8.67. The van der Waals surface area contributed by atoms with Crippen LogP contribution in [0.15, 0.2) is 0 Å². The first-order valence-corrected chi connectivity index (χ1v) is 4.70. The smallest absolute Gasteiger partial charge is 0.0558 e. The van der Waals surface area contributed by atoms with Crippen LogP contribution in [0.5, 0.6) is 0 Å². The lowest BCUT2D eigenvalue weighted by Gasteiger charge is -2.20. The van der Waals surface area contributed by atoms with Gasteiger partial charge in [-0.05, 0) is 26.1 Å². The van der Waals surface area contributed by atoms with Crippen LogP contribution in [0.1, 0.15) is 13.8 Å². The summed E-state index contributed by atoms with van der Waals surface area (Å²) >= 11 is 0. The Balaban J connectivity index is 3.33. The predicted molar refractivity (Wildman–Crippen MR) is 52.3 cm³/mol. The number of aliphatic hydroxyl groups excluding tert-OH is 1. The van der Waals surface area contributed by atoms with Crippen molar-refractivity contribution in [3.05, 3.63) is 0 Å². The molecule has 0 aliphatic carbocycles. The summed E-state index contributed by atoms with van der Waals surface area (Å²) in [5.41, 5.74) is 0. The molecule has 0 amide bonds. The van der Waals surface area contributed by atoms with E-state index in [1.165, 1.54) is 0 Å². The first kappa shape index (κ1) is 11.9. The van der Waals surface area contributed by atoms with Crippen molar-refractivity contribution >= 4 is 0 Å². The Kier molecular flexibility index (Phi) is 7.45. The summed E-state index contributed by atoms with van der Waals surface area (Å²) in [5.74, 6) is 0.654. The third kappa shape index (κ3) is 6.58. The van der Waals surface area contributed by atoms with Gasteiger partial charge in [0, 0.05) is 13.1 Å². The van der Waals surface area contributed by atoms with Gasteiger partial charge in [0.05, 0.1) is 6.61 Å². The third-order valence-electron chi connectivity index (χ3n) is 1.85. The zero-order chi connectivity index (χ0) is 9.40. The molecule has 74 valence electrons. The Hall–Kier alpha value is -0.120. The lowest BCUT2D eigenvalue weighted by Crippen LogP contribution is -2.32. The van der Waals surface area contributed by atoms with Crippen LogP contribution in [0, 0.1) is 5.92 Å². The van der Waals surface area contributed by atoms with Crippen LogP contribution in [0.4, 0.5) is 0 Å². The van der Waals surface area contributed by atoms with Crippen molar-refractivity contribution in [2.45, 2.75) is 13.8 Å². The monoisotopic (exact) mass is 174 g/mol. The summed E-state index contributed by atoms with van der Waals surface area (Å²) in [7, 11) is 2.04. The van der Waals surface area contributed by atoms with Crippen LogP contribution in [-0.2, 0) is 0 Å². The number of nitrogens with zero attached hydrogens (tertiary/aromatic N) is 1. The number of hydrogen-bond donors (Lipinski definition) is 2. The summed E-state index contributed by atoms with van der Waals surface area (Å²) in [6, 6.07) is 0. The van der Waals surface area contributed by atoms with Crippen LogP contribution < -0.4 is 5.32 Å². The lowest BCUT2D eigenvalue weighted by molar-refractivity contribution is 0.204. The van der Waals surface area contributed by atoms with E-state index in [-0.39, 0.29) is 6.61 Å². The van der Waals surface area contributed by atoms with Gasteiger partial charge in [-0.3, -0.25) is 0 Å². The molecule has 1 unspecified atom stereocenters. The predicted octanol–water partition coefficient (Wildman–Crippen LogP) is 0.156. The minimum atomic E-state index is 0.254. The van der Waals surface area contributed by atoms with Crippen molar-refractivity contribution in [1.82, 2.24) is 10.2 Å². The zero-order valence-corrected chi connectivity index (χ0v) is 8.51. The summed E-state index contributed by atoms with van der Waals surface area (Å²) in [6.07, 6.45) is 0. The SMILES string of the molecule is CCNCC(C)CN(C)CCO. The molecule has 0 fully saturated rings. The van der Waals surface area contributed by atoms with E-state index in [1.807, 2.05) is 7.05 Å². The number of rotatable bonds is 7. The van der Waals surface area contributed by atoms with Crippen LogP contribution >= 0.6 is 0 Å². The van der Waals surface area contributed by atoms with Gasteiger partial charge < -0.3 is 15.3 Å². The average Bonchev–Trinajstić information content (AvgIpc) is 2.01. The highest BCUT2D eigenvalue weighted by Gasteiger charge is 2.04. The minimum Gasteiger partial charge on any atom is -0.395 e. The fourth-order valence-corrected chi connectivity index (χ4v) is 1.25. The van der Waals surface area contributed by atoms with Gasteiger partial charge in [0.1, 0.15) is 0 Å². The molecule has 3 nitrogen and oxygen atoms in total. The van der Waals surface area contributed by atoms with Gasteiger partial charge in [-0.2, -0.15) is 0 Å². The van der Waals surface area contributed by atoms with E-state index in [0.29, 0.717) is 5.92 Å². The van der Waals surface area contributed by atoms with Crippen LogP contribution in [0.25, 0.3) is 0 Å². The van der Waals surface area contributed by atoms with Gasteiger partial charge in [0.15, 0.2) is 0 Å². The number of hydrogen-bond acceptors (Lipinski definition) is 3. The third-order valence-corrected chi connectivity index (χ3v) is 1.85. The molecule has 12 heavy (non-hydrogen) atoms. The maximum Gasteiger partial charge on any atom is 0.0558 e. The normalized spacial score (nSPS) is 13.8. The highest BCUT2D eigenvalue weighted by molar-refractivity contribution is 4.60. The number of likely N-dealkylation sites (N-methyl/N-ethyl adjacent to an activating group) is 1. The first-order valence-electron chi connectivity index (χ1n) is 4.70. The molecule has 0 saturated carbocycles. The highest BCUT2D eigenvalue weighted by Crippen LogP contribution is 1.95. The molecule has 0 spiro atoms. The van der Waals surface area contributed by atoms with E-state index in [9.17, 15) is 0 Å². The fourth-order valence-electron chi connectivity index (χ4n) is 1.25. The Labute approximate surface area is 75.8 Å². The molecule has 0 radical (unpaired) electrons. The van der Waals surface area contributed by atoms with Gasteiger partial charge in [0.25, 0.3) is 0 Å². The van der Waals surface area contributed by atoms with Crippen molar-refractivity contribution in [2.24, 2.45) is 5.92 Å². The first-order chi connectivity index (χ1) is 5.70. The largest absolute Gasteiger partial charge is 0.395 e. The van der Waals surface area contributed by atoms with Crippen molar-refractivity contribution in [3.63, 3.8) is 0 Å². The van der Waals surface area contributed by atoms with Crippen LogP contribution in [-0.4, -0.2) is 49.8 Å². The molecule has 0 aromatic rings. The molecule has 2 N–H and O–H groups in total. The number of nitrogens with one attached hydrogen (secondary N) is 1. The van der Waals surface area contributed by atoms with Crippen molar-refractivity contribution in [3.8, 4) is 0 Å². The Bertz CT molecular complexity index is 98.5. The second kappa shape index (κ2) is 7.53. The van der Waals surface area contributed by atoms with Crippen molar-refractivity contribution in [2.75, 3.05) is 39.8 Å². The summed E-state index contributed by atoms with van der Waals surface area (Å²) < 4.78 is 0. The van der Waals surface area contributed by atoms with Gasteiger partial charge in [-0.1, -0.05) is 13.8 Å². The Morgan fingerprint density at radius 1 is 1.50 bits per heavy atom.